The third-order valence-electron chi connectivity index (χ3n) is 2.98. The van der Waals surface area contributed by atoms with E-state index >= 15 is 0 Å². The first-order valence-electron chi connectivity index (χ1n) is 6.40. The Labute approximate surface area is 119 Å². The lowest BCUT2D eigenvalue weighted by molar-refractivity contribution is -0.145. The number of ether oxygens (including phenoxy) is 2. The maximum Gasteiger partial charge on any atom is 0.310 e. The van der Waals surface area contributed by atoms with Crippen molar-refractivity contribution in [1.82, 2.24) is 4.90 Å². The van der Waals surface area contributed by atoms with Crippen LogP contribution in [-0.2, 0) is 20.9 Å². The van der Waals surface area contributed by atoms with Crippen molar-refractivity contribution in [3.63, 3.8) is 0 Å². The molecular formula is C15H21NO4. The Bertz CT molecular complexity index is 473. The van der Waals surface area contributed by atoms with E-state index in [0.29, 0.717) is 18.7 Å². The van der Waals surface area contributed by atoms with Crippen LogP contribution in [0.25, 0.3) is 0 Å². The van der Waals surface area contributed by atoms with Crippen molar-refractivity contribution in [2.75, 3.05) is 27.8 Å². The molecule has 1 rings (SSSR count). The van der Waals surface area contributed by atoms with Crippen LogP contribution >= 0.6 is 0 Å². The quantitative estimate of drug-likeness (QED) is 0.744. The van der Waals surface area contributed by atoms with Gasteiger partial charge in [0.1, 0.15) is 0 Å². The van der Waals surface area contributed by atoms with Gasteiger partial charge in [-0.05, 0) is 17.7 Å². The Balaban J connectivity index is 2.73. The van der Waals surface area contributed by atoms with Gasteiger partial charge in [0.05, 0.1) is 19.6 Å². The topological polar surface area (TPSA) is 55.8 Å². The summed E-state index contributed by atoms with van der Waals surface area (Å²) < 4.78 is 9.70. The van der Waals surface area contributed by atoms with Crippen molar-refractivity contribution in [2.24, 2.45) is 5.92 Å². The van der Waals surface area contributed by atoms with Gasteiger partial charge < -0.3 is 14.4 Å². The van der Waals surface area contributed by atoms with Gasteiger partial charge in [0.2, 0.25) is 0 Å². The van der Waals surface area contributed by atoms with Crippen molar-refractivity contribution in [1.29, 1.82) is 0 Å². The molecule has 0 fully saturated rings. The van der Waals surface area contributed by atoms with Gasteiger partial charge in [0.15, 0.2) is 0 Å². The Morgan fingerprint density at radius 2 is 2.00 bits per heavy atom. The fourth-order valence-corrected chi connectivity index (χ4v) is 1.95. The molecule has 5 heteroatoms. The van der Waals surface area contributed by atoms with E-state index in [0.717, 1.165) is 5.56 Å². The highest BCUT2D eigenvalue weighted by Crippen LogP contribution is 2.10. The van der Waals surface area contributed by atoms with Gasteiger partial charge >= 0.3 is 5.97 Å². The molecule has 0 aliphatic heterocycles. The van der Waals surface area contributed by atoms with Gasteiger partial charge in [0, 0.05) is 26.3 Å². The number of carbonyl (C=O) groups is 2. The number of carbonyl (C=O) groups excluding carboxylic acids is 2. The van der Waals surface area contributed by atoms with E-state index in [1.807, 2.05) is 12.1 Å². The minimum Gasteiger partial charge on any atom is -0.469 e. The maximum atomic E-state index is 12.3. The number of hydrogen-bond donors (Lipinski definition) is 0. The first kappa shape index (κ1) is 16.2. The van der Waals surface area contributed by atoms with Crippen molar-refractivity contribution >= 4 is 11.9 Å². The van der Waals surface area contributed by atoms with E-state index in [-0.39, 0.29) is 17.8 Å². The number of benzene rings is 1. The minimum absolute atomic E-state index is 0.126. The second kappa shape index (κ2) is 7.65. The van der Waals surface area contributed by atoms with Crippen LogP contribution in [0.3, 0.4) is 0 Å². The molecule has 0 bridgehead atoms. The van der Waals surface area contributed by atoms with E-state index in [1.54, 1.807) is 33.2 Å². The molecule has 0 saturated heterocycles. The summed E-state index contributed by atoms with van der Waals surface area (Å²) in [6.45, 7) is 2.51. The highest BCUT2D eigenvalue weighted by molar-refractivity contribution is 5.94. The largest absolute Gasteiger partial charge is 0.469 e. The number of amides is 1. The number of rotatable bonds is 6. The molecule has 0 spiro atoms. The number of esters is 1. The standard InChI is InChI=1S/C15H21NO4/c1-11(15(18)20-4)9-16(2)14(17)13-7-5-6-12(8-13)10-19-3/h5-8,11H,9-10H2,1-4H3. The van der Waals surface area contributed by atoms with Crippen molar-refractivity contribution in [3.8, 4) is 0 Å². The highest BCUT2D eigenvalue weighted by Gasteiger charge is 2.19. The zero-order valence-electron chi connectivity index (χ0n) is 12.4. The molecule has 1 aromatic rings. The molecule has 0 radical (unpaired) electrons. The summed E-state index contributed by atoms with van der Waals surface area (Å²) in [5.41, 5.74) is 1.52. The summed E-state index contributed by atoms with van der Waals surface area (Å²) in [6.07, 6.45) is 0. The first-order valence-corrected chi connectivity index (χ1v) is 6.40. The molecule has 110 valence electrons. The van der Waals surface area contributed by atoms with Crippen molar-refractivity contribution in [2.45, 2.75) is 13.5 Å². The van der Waals surface area contributed by atoms with Crippen LogP contribution in [0.15, 0.2) is 24.3 Å². The van der Waals surface area contributed by atoms with Crippen LogP contribution in [0.5, 0.6) is 0 Å². The molecular weight excluding hydrogens is 258 g/mol. The third-order valence-corrected chi connectivity index (χ3v) is 2.98. The fraction of sp³-hybridized carbons (Fsp3) is 0.467. The molecule has 0 heterocycles. The fourth-order valence-electron chi connectivity index (χ4n) is 1.95. The normalized spacial score (nSPS) is 11.8. The second-order valence-corrected chi connectivity index (χ2v) is 4.74. The van der Waals surface area contributed by atoms with Crippen molar-refractivity contribution < 1.29 is 19.1 Å². The Hall–Kier alpha value is -1.88. The molecule has 0 aliphatic carbocycles. The Morgan fingerprint density at radius 3 is 2.60 bits per heavy atom. The maximum absolute atomic E-state index is 12.3. The van der Waals surface area contributed by atoms with E-state index in [2.05, 4.69) is 4.74 Å². The Morgan fingerprint density at radius 1 is 1.30 bits per heavy atom. The summed E-state index contributed by atoms with van der Waals surface area (Å²) in [7, 11) is 4.62. The first-order chi connectivity index (χ1) is 9.49. The van der Waals surface area contributed by atoms with Gasteiger partial charge in [-0.3, -0.25) is 9.59 Å². The van der Waals surface area contributed by atoms with Gasteiger partial charge in [-0.1, -0.05) is 19.1 Å². The monoisotopic (exact) mass is 279 g/mol. The molecule has 0 aliphatic rings. The van der Waals surface area contributed by atoms with Crippen molar-refractivity contribution in [3.05, 3.63) is 35.4 Å². The number of nitrogens with zero attached hydrogens (tertiary/aromatic N) is 1. The lowest BCUT2D eigenvalue weighted by atomic mass is 10.1. The molecule has 1 amide bonds. The summed E-state index contributed by atoms with van der Waals surface area (Å²) in [5, 5.41) is 0. The second-order valence-electron chi connectivity index (χ2n) is 4.74. The number of hydrogen-bond acceptors (Lipinski definition) is 4. The minimum atomic E-state index is -0.351. The summed E-state index contributed by atoms with van der Waals surface area (Å²) >= 11 is 0. The zero-order valence-corrected chi connectivity index (χ0v) is 12.4. The van der Waals surface area contributed by atoms with Gasteiger partial charge in [0.25, 0.3) is 5.91 Å². The van der Waals surface area contributed by atoms with Gasteiger partial charge in [-0.2, -0.15) is 0 Å². The van der Waals surface area contributed by atoms with Crippen LogP contribution in [0.2, 0.25) is 0 Å². The lowest BCUT2D eigenvalue weighted by Gasteiger charge is -2.20. The summed E-state index contributed by atoms with van der Waals surface area (Å²) in [6, 6.07) is 7.27. The predicted octanol–water partition coefficient (Wildman–Crippen LogP) is 1.71. The number of methoxy groups -OCH3 is 2. The van der Waals surface area contributed by atoms with E-state index in [4.69, 9.17) is 4.74 Å². The smallest absolute Gasteiger partial charge is 0.310 e. The van der Waals surface area contributed by atoms with Crippen LogP contribution in [0.4, 0.5) is 0 Å². The average molecular weight is 279 g/mol. The molecule has 1 aromatic carbocycles. The van der Waals surface area contributed by atoms with E-state index in [9.17, 15) is 9.59 Å². The van der Waals surface area contributed by atoms with Gasteiger partial charge in [-0.25, -0.2) is 0 Å². The SMILES string of the molecule is COCc1cccc(C(=O)N(C)CC(C)C(=O)OC)c1. The average Bonchev–Trinajstić information content (AvgIpc) is 2.46. The van der Waals surface area contributed by atoms with Crippen LogP contribution in [0, 0.1) is 5.92 Å². The van der Waals surface area contributed by atoms with Gasteiger partial charge in [-0.15, -0.1) is 0 Å². The van der Waals surface area contributed by atoms with Crippen LogP contribution in [0.1, 0.15) is 22.8 Å². The molecule has 0 aromatic heterocycles. The highest BCUT2D eigenvalue weighted by atomic mass is 16.5. The van der Waals surface area contributed by atoms with E-state index in [1.165, 1.54) is 12.0 Å². The van der Waals surface area contributed by atoms with E-state index < -0.39 is 0 Å². The van der Waals surface area contributed by atoms with Crippen LogP contribution < -0.4 is 0 Å². The summed E-state index contributed by atoms with van der Waals surface area (Å²) in [5.74, 6) is -0.799. The third kappa shape index (κ3) is 4.35. The molecule has 1 atom stereocenters. The summed E-state index contributed by atoms with van der Waals surface area (Å²) in [4.78, 5) is 25.2. The lowest BCUT2D eigenvalue weighted by Crippen LogP contribution is -2.34. The predicted molar refractivity (Wildman–Crippen MR) is 75.3 cm³/mol. The zero-order chi connectivity index (χ0) is 15.1. The molecule has 20 heavy (non-hydrogen) atoms. The molecule has 5 nitrogen and oxygen atoms in total. The molecule has 1 unspecified atom stereocenters. The molecule has 0 saturated carbocycles. The molecule has 0 N–H and O–H groups in total. The van der Waals surface area contributed by atoms with Crippen LogP contribution in [-0.4, -0.2) is 44.6 Å². The Kier molecular flexibility index (Phi) is 6.18.